The molecule has 0 rings (SSSR count). The summed E-state index contributed by atoms with van der Waals surface area (Å²) in [6, 6.07) is 0. The summed E-state index contributed by atoms with van der Waals surface area (Å²) in [6.07, 6.45) is 5.43. The summed E-state index contributed by atoms with van der Waals surface area (Å²) in [5.41, 5.74) is 0. The number of hydrogen-bond acceptors (Lipinski definition) is 2. The molecule has 0 aromatic rings. The van der Waals surface area contributed by atoms with E-state index in [9.17, 15) is 0 Å². The number of hydrogen-bond donors (Lipinski definition) is 0. The molecule has 0 bridgehead atoms. The minimum absolute atomic E-state index is 0.111. The Morgan fingerprint density at radius 3 is 1.33 bits per heavy atom. The fourth-order valence-electron chi connectivity index (χ4n) is 0.256. The van der Waals surface area contributed by atoms with E-state index in [2.05, 4.69) is 10.2 Å². The first kappa shape index (κ1) is 12.0. The molecular weight excluding hydrogens is 242 g/mol. The maximum Gasteiger partial charge on any atom is 0.108 e. The van der Waals surface area contributed by atoms with Crippen LogP contribution in [-0.2, 0) is 0 Å². The Labute approximate surface area is 90.2 Å². The normalized spacial score (nSPS) is 10.7. The zero-order chi connectivity index (χ0) is 9.40. The van der Waals surface area contributed by atoms with Crippen molar-refractivity contribution in [3.63, 3.8) is 0 Å². The fourth-order valence-corrected chi connectivity index (χ4v) is 0.482. The van der Waals surface area contributed by atoms with Crippen molar-refractivity contribution in [2.24, 2.45) is 10.2 Å². The topological polar surface area (TPSA) is 24.7 Å². The van der Waals surface area contributed by atoms with Crippen LogP contribution in [-0.4, -0.2) is 12.4 Å². The molecule has 2 nitrogen and oxygen atoms in total. The van der Waals surface area contributed by atoms with Gasteiger partial charge in [0.2, 0.25) is 0 Å². The summed E-state index contributed by atoms with van der Waals surface area (Å²) in [4.78, 5) is 0. The summed E-state index contributed by atoms with van der Waals surface area (Å²) in [5.74, 6) is 0. The summed E-state index contributed by atoms with van der Waals surface area (Å²) in [6.45, 7) is 0. The average Bonchev–Trinajstić information content (AvgIpc) is 1.95. The molecule has 0 aromatic heterocycles. The van der Waals surface area contributed by atoms with Gasteiger partial charge in [-0.2, -0.15) is 10.2 Å². The highest BCUT2D eigenvalue weighted by Gasteiger charge is 1.76. The van der Waals surface area contributed by atoms with Crippen molar-refractivity contribution in [3.05, 3.63) is 21.1 Å². The molecule has 66 valence electrons. The second kappa shape index (κ2) is 7.62. The monoisotopic (exact) mass is 244 g/mol. The molecule has 0 amide bonds. The molecular formula is C6H4Cl4N2. The first-order valence-electron chi connectivity index (χ1n) is 2.72. The Morgan fingerprint density at radius 2 is 1.08 bits per heavy atom. The third-order valence-electron chi connectivity index (χ3n) is 0.601. The average molecular weight is 246 g/mol. The van der Waals surface area contributed by atoms with E-state index >= 15 is 0 Å². The molecule has 0 unspecified atom stereocenters. The van der Waals surface area contributed by atoms with Crippen LogP contribution in [0.5, 0.6) is 0 Å². The fraction of sp³-hybridized carbons (Fsp3) is 0. The first-order chi connectivity index (χ1) is 5.63. The predicted molar refractivity (Wildman–Crippen MR) is 56.6 cm³/mol. The highest BCUT2D eigenvalue weighted by Crippen LogP contribution is 2.04. The van der Waals surface area contributed by atoms with Gasteiger partial charge in [-0.25, -0.2) is 0 Å². The van der Waals surface area contributed by atoms with Crippen LogP contribution < -0.4 is 0 Å². The third-order valence-corrected chi connectivity index (χ3v) is 1.11. The standard InChI is InChI=1S/C6H4Cl4N2/c7-5(8)1-3-11-12-4-2-6(9)10/h1-4H. The van der Waals surface area contributed by atoms with Crippen molar-refractivity contribution in [3.8, 4) is 0 Å². The van der Waals surface area contributed by atoms with Gasteiger partial charge < -0.3 is 0 Å². The molecule has 0 atom stereocenters. The molecule has 0 saturated heterocycles. The van der Waals surface area contributed by atoms with Gasteiger partial charge in [0.15, 0.2) is 0 Å². The highest BCUT2D eigenvalue weighted by molar-refractivity contribution is 6.56. The quantitative estimate of drug-likeness (QED) is 0.536. The van der Waals surface area contributed by atoms with E-state index in [1.165, 1.54) is 24.6 Å². The van der Waals surface area contributed by atoms with Crippen molar-refractivity contribution in [2.75, 3.05) is 0 Å². The maximum atomic E-state index is 5.27. The first-order valence-corrected chi connectivity index (χ1v) is 4.23. The molecule has 0 aliphatic heterocycles. The van der Waals surface area contributed by atoms with Gasteiger partial charge in [-0.05, 0) is 12.2 Å². The lowest BCUT2D eigenvalue weighted by Gasteiger charge is -1.76. The van der Waals surface area contributed by atoms with E-state index in [4.69, 9.17) is 46.4 Å². The van der Waals surface area contributed by atoms with Gasteiger partial charge in [-0.15, -0.1) is 0 Å². The van der Waals surface area contributed by atoms with Gasteiger partial charge in [0.25, 0.3) is 0 Å². The van der Waals surface area contributed by atoms with E-state index in [1.54, 1.807) is 0 Å². The second-order valence-corrected chi connectivity index (χ2v) is 3.46. The Hall–Kier alpha value is -0.0200. The molecule has 0 saturated carbocycles. The SMILES string of the molecule is ClC(Cl)=CC=NN=CC=C(Cl)Cl. The van der Waals surface area contributed by atoms with Crippen LogP contribution in [0.2, 0.25) is 0 Å². The Morgan fingerprint density at radius 1 is 0.750 bits per heavy atom. The molecule has 0 N–H and O–H groups in total. The molecule has 0 fully saturated rings. The van der Waals surface area contributed by atoms with Crippen molar-refractivity contribution in [1.82, 2.24) is 0 Å². The van der Waals surface area contributed by atoms with Gasteiger partial charge in [-0.1, -0.05) is 46.4 Å². The lowest BCUT2D eigenvalue weighted by atomic mass is 10.7. The van der Waals surface area contributed by atoms with Crippen LogP contribution >= 0.6 is 46.4 Å². The molecule has 0 spiro atoms. The third kappa shape index (κ3) is 9.98. The minimum atomic E-state index is 0.111. The van der Waals surface area contributed by atoms with Gasteiger partial charge in [-0.3, -0.25) is 0 Å². The molecule has 0 aromatic carbocycles. The lowest BCUT2D eigenvalue weighted by molar-refractivity contribution is 1.27. The smallest absolute Gasteiger partial charge is 0.108 e. The van der Waals surface area contributed by atoms with E-state index in [0.29, 0.717) is 0 Å². The Bertz CT molecular complexity index is 208. The second-order valence-electron chi connectivity index (χ2n) is 1.44. The lowest BCUT2D eigenvalue weighted by Crippen LogP contribution is -1.65. The van der Waals surface area contributed by atoms with Crippen LogP contribution in [0.4, 0.5) is 0 Å². The maximum absolute atomic E-state index is 5.27. The zero-order valence-corrected chi connectivity index (χ0v) is 8.74. The van der Waals surface area contributed by atoms with Crippen LogP contribution in [0, 0.1) is 0 Å². The molecule has 6 heteroatoms. The molecule has 0 heterocycles. The Kier molecular flexibility index (Phi) is 7.61. The van der Waals surface area contributed by atoms with Crippen LogP contribution in [0.1, 0.15) is 0 Å². The number of halogens is 4. The summed E-state index contributed by atoms with van der Waals surface area (Å²) >= 11 is 21.1. The molecule has 0 aliphatic rings. The van der Waals surface area contributed by atoms with Gasteiger partial charge in [0, 0.05) is 0 Å². The van der Waals surface area contributed by atoms with E-state index < -0.39 is 0 Å². The highest BCUT2D eigenvalue weighted by atomic mass is 35.5. The minimum Gasteiger partial charge on any atom is -0.159 e. The molecule has 0 aliphatic carbocycles. The number of allylic oxidation sites excluding steroid dienone is 2. The van der Waals surface area contributed by atoms with E-state index in [1.807, 2.05) is 0 Å². The Balaban J connectivity index is 3.83. The van der Waals surface area contributed by atoms with Crippen LogP contribution in [0.25, 0.3) is 0 Å². The molecule has 0 radical (unpaired) electrons. The van der Waals surface area contributed by atoms with Crippen LogP contribution in [0.15, 0.2) is 31.3 Å². The van der Waals surface area contributed by atoms with Crippen LogP contribution in [0.3, 0.4) is 0 Å². The summed E-state index contributed by atoms with van der Waals surface area (Å²) in [7, 11) is 0. The number of nitrogens with zero attached hydrogens (tertiary/aromatic N) is 2. The molecule has 12 heavy (non-hydrogen) atoms. The van der Waals surface area contributed by atoms with Crippen molar-refractivity contribution in [2.45, 2.75) is 0 Å². The summed E-state index contributed by atoms with van der Waals surface area (Å²) < 4.78 is 0.222. The largest absolute Gasteiger partial charge is 0.159 e. The van der Waals surface area contributed by atoms with Crippen molar-refractivity contribution in [1.29, 1.82) is 0 Å². The summed E-state index contributed by atoms with van der Waals surface area (Å²) in [5, 5.41) is 7.04. The van der Waals surface area contributed by atoms with E-state index in [-0.39, 0.29) is 8.98 Å². The zero-order valence-electron chi connectivity index (χ0n) is 5.72. The van der Waals surface area contributed by atoms with Gasteiger partial charge >= 0.3 is 0 Å². The predicted octanol–water partition coefficient (Wildman–Crippen LogP) is 3.68. The van der Waals surface area contributed by atoms with Gasteiger partial charge in [0.1, 0.15) is 8.98 Å². The van der Waals surface area contributed by atoms with Crippen molar-refractivity contribution >= 4 is 58.8 Å². The van der Waals surface area contributed by atoms with Crippen molar-refractivity contribution < 1.29 is 0 Å². The van der Waals surface area contributed by atoms with E-state index in [0.717, 1.165) is 0 Å². The number of rotatable bonds is 3. The van der Waals surface area contributed by atoms with Gasteiger partial charge in [0.05, 0.1) is 12.4 Å².